The standard InChI is InChI=1S/C10H10ClN3.C7H7N3S.C6H9N3.C6H11N3.C4H7N3S.C3H4N2S2/c1-8-13-12-7-14(8)6-9-2-4-10(11)5-3-9;1-10-5-8-9-7(10)6-3-2-4-11-6;1-9-4-7-8-6(9)5-2-3-5;1-5(2)9-4-7-8-6(9)3;1-7(2)4-6-5-3-8-4;1-6-3-5-4-2-7-3/h2-5,7H,6H2,1H3;2-5H,1H3;4-5H,2-3H2,1H3;4-5H,1-3H3;3H,1-2H3;2H,1H3. The van der Waals surface area contributed by atoms with E-state index in [-0.39, 0.29) is 0 Å². The Morgan fingerprint density at radius 1 is 0.759 bits per heavy atom. The van der Waals surface area contributed by atoms with E-state index in [1.807, 2.05) is 113 Å². The van der Waals surface area contributed by atoms with Crippen LogP contribution >= 0.6 is 57.4 Å². The third-order valence-corrected chi connectivity index (χ3v) is 11.4. The van der Waals surface area contributed by atoms with Crippen molar-refractivity contribution in [1.82, 2.24) is 79.5 Å². The van der Waals surface area contributed by atoms with Crippen molar-refractivity contribution in [2.45, 2.75) is 63.4 Å². The van der Waals surface area contributed by atoms with Crippen LogP contribution in [0, 0.1) is 13.8 Å². The summed E-state index contributed by atoms with van der Waals surface area (Å²) in [4.78, 5) is 3.09. The van der Waals surface area contributed by atoms with Gasteiger partial charge in [-0.2, -0.15) is 0 Å². The SMILES string of the molecule is CN(C)c1nncs1.CSc1nncs1.Cc1nncn1C(C)C.Cc1nncn1Cc1ccc(Cl)cc1.Cn1cnnc1-c1cccs1.Cn1cnnc1C1CC1. The summed E-state index contributed by atoms with van der Waals surface area (Å²) in [5.41, 5.74) is 4.64. The first-order valence-corrected chi connectivity index (χ1v) is 22.1. The van der Waals surface area contributed by atoms with E-state index < -0.39 is 0 Å². The average Bonchev–Trinajstić information content (AvgIpc) is 4.01. The smallest absolute Gasteiger partial charge is 0.207 e. The number of hydrogen-bond donors (Lipinski definition) is 0. The Bertz CT molecular complexity index is 2200. The number of hydrogen-bond acceptors (Lipinski definition) is 17. The Morgan fingerprint density at radius 2 is 1.41 bits per heavy atom. The molecule has 7 heterocycles. The van der Waals surface area contributed by atoms with Crippen LogP contribution in [0.5, 0.6) is 0 Å². The molecule has 1 aliphatic carbocycles. The van der Waals surface area contributed by atoms with Crippen LogP contribution in [-0.4, -0.2) is 99.8 Å². The molecule has 0 bridgehead atoms. The quantitative estimate of drug-likeness (QED) is 0.143. The molecule has 8 aromatic rings. The van der Waals surface area contributed by atoms with Gasteiger partial charge in [0.05, 0.1) is 11.4 Å². The molecule has 0 unspecified atom stereocenters. The second-order valence-corrected chi connectivity index (χ2v) is 16.9. The van der Waals surface area contributed by atoms with Crippen LogP contribution < -0.4 is 4.90 Å². The van der Waals surface area contributed by atoms with Gasteiger partial charge in [0.15, 0.2) is 10.2 Å². The number of halogens is 1. The second-order valence-electron chi connectivity index (χ2n) is 12.9. The van der Waals surface area contributed by atoms with Gasteiger partial charge in [-0.25, -0.2) is 0 Å². The fraction of sp³-hybridized carbons (Fsp3) is 0.389. The van der Waals surface area contributed by atoms with Crippen molar-refractivity contribution in [2.75, 3.05) is 25.3 Å². The summed E-state index contributed by atoms with van der Waals surface area (Å²) < 4.78 is 8.95. The topological polar surface area (TPSA) is 178 Å². The van der Waals surface area contributed by atoms with Crippen LogP contribution in [0.1, 0.15) is 61.7 Å². The van der Waals surface area contributed by atoms with E-state index in [0.29, 0.717) is 6.04 Å². The number of nitrogens with zero attached hydrogens (tertiary/aromatic N) is 17. The largest absolute Gasteiger partial charge is 0.353 e. The van der Waals surface area contributed by atoms with Crippen molar-refractivity contribution in [3.8, 4) is 10.7 Å². The van der Waals surface area contributed by atoms with Gasteiger partial charge in [0, 0.05) is 45.2 Å². The van der Waals surface area contributed by atoms with Gasteiger partial charge in [-0.1, -0.05) is 64.2 Å². The van der Waals surface area contributed by atoms with E-state index in [2.05, 4.69) is 75.0 Å². The fourth-order valence-corrected chi connectivity index (χ4v) is 6.88. The molecule has 1 aliphatic rings. The molecule has 0 atom stereocenters. The Morgan fingerprint density at radius 3 is 1.83 bits per heavy atom. The van der Waals surface area contributed by atoms with Crippen molar-refractivity contribution in [2.24, 2.45) is 14.1 Å². The third kappa shape index (κ3) is 15.4. The Kier molecular flexibility index (Phi) is 19.0. The molecule has 58 heavy (non-hydrogen) atoms. The lowest BCUT2D eigenvalue weighted by molar-refractivity contribution is 0.581. The summed E-state index contributed by atoms with van der Waals surface area (Å²) >= 11 is 12.2. The number of aryl methyl sites for hydroxylation is 4. The van der Waals surface area contributed by atoms with E-state index >= 15 is 0 Å². The van der Waals surface area contributed by atoms with Crippen molar-refractivity contribution >= 4 is 62.5 Å². The van der Waals surface area contributed by atoms with Gasteiger partial charge in [0.25, 0.3) is 0 Å². The van der Waals surface area contributed by atoms with Gasteiger partial charge >= 0.3 is 0 Å². The summed E-state index contributed by atoms with van der Waals surface area (Å²) in [5, 5.41) is 49.5. The molecule has 17 nitrogen and oxygen atoms in total. The van der Waals surface area contributed by atoms with E-state index in [9.17, 15) is 0 Å². The molecule has 0 N–H and O–H groups in total. The first-order chi connectivity index (χ1) is 28.0. The Balaban J connectivity index is 0.000000156. The number of thioether (sulfide) groups is 1. The summed E-state index contributed by atoms with van der Waals surface area (Å²) in [5.74, 6) is 4.69. The van der Waals surface area contributed by atoms with Crippen LogP contribution in [0.3, 0.4) is 0 Å². The van der Waals surface area contributed by atoms with E-state index in [0.717, 1.165) is 55.1 Å². The van der Waals surface area contributed by atoms with Gasteiger partial charge < -0.3 is 23.2 Å². The molecule has 0 spiro atoms. The molecule has 7 aromatic heterocycles. The van der Waals surface area contributed by atoms with E-state index in [1.54, 1.807) is 70.8 Å². The lowest BCUT2D eigenvalue weighted by Gasteiger charge is -2.05. The van der Waals surface area contributed by atoms with Gasteiger partial charge in [0.1, 0.15) is 53.8 Å². The molecule has 0 radical (unpaired) electrons. The minimum atomic E-state index is 0.472. The zero-order valence-corrected chi connectivity index (χ0v) is 37.9. The van der Waals surface area contributed by atoms with Crippen LogP contribution in [0.4, 0.5) is 5.13 Å². The summed E-state index contributed by atoms with van der Waals surface area (Å²) in [6.45, 7) is 8.89. The summed E-state index contributed by atoms with van der Waals surface area (Å²) in [6.07, 6.45) is 11.5. The molecule has 0 amide bonds. The predicted octanol–water partition coefficient (Wildman–Crippen LogP) is 7.56. The van der Waals surface area contributed by atoms with Crippen molar-refractivity contribution < 1.29 is 0 Å². The zero-order valence-electron chi connectivity index (χ0n) is 33.9. The summed E-state index contributed by atoms with van der Waals surface area (Å²) in [6, 6.07) is 12.3. The van der Waals surface area contributed by atoms with Crippen LogP contribution in [0.15, 0.2) is 82.4 Å². The normalized spacial score (nSPS) is 11.4. The molecule has 1 saturated carbocycles. The molecule has 0 aliphatic heterocycles. The van der Waals surface area contributed by atoms with Gasteiger partial charge in [-0.15, -0.1) is 72.5 Å². The molecule has 308 valence electrons. The average molecular weight is 883 g/mol. The van der Waals surface area contributed by atoms with Crippen molar-refractivity contribution in [3.63, 3.8) is 0 Å². The maximum absolute atomic E-state index is 5.79. The molecule has 1 fully saturated rings. The Labute approximate surface area is 359 Å². The minimum Gasteiger partial charge on any atom is -0.353 e. The van der Waals surface area contributed by atoms with E-state index in [4.69, 9.17) is 11.6 Å². The molecule has 0 saturated heterocycles. The van der Waals surface area contributed by atoms with Crippen LogP contribution in [-0.2, 0) is 20.6 Å². The molecule has 1 aromatic carbocycles. The van der Waals surface area contributed by atoms with Crippen LogP contribution in [0.2, 0.25) is 5.02 Å². The fourth-order valence-electron chi connectivity index (χ4n) is 4.59. The van der Waals surface area contributed by atoms with Crippen LogP contribution in [0.25, 0.3) is 10.7 Å². The van der Waals surface area contributed by atoms with Gasteiger partial charge in [-0.3, -0.25) is 0 Å². The second kappa shape index (κ2) is 24.1. The molecule has 22 heteroatoms. The van der Waals surface area contributed by atoms with Crippen molar-refractivity contribution in [1.29, 1.82) is 0 Å². The minimum absolute atomic E-state index is 0.472. The molecular formula is C36H48ClN17S4. The van der Waals surface area contributed by atoms with Crippen molar-refractivity contribution in [3.05, 3.63) is 106 Å². The number of anilines is 1. The lowest BCUT2D eigenvalue weighted by Crippen LogP contribution is -2.07. The third-order valence-electron chi connectivity index (χ3n) is 7.77. The summed E-state index contributed by atoms with van der Waals surface area (Å²) in [7, 11) is 7.82. The zero-order chi connectivity index (χ0) is 41.9. The highest BCUT2D eigenvalue weighted by molar-refractivity contribution is 8.00. The number of aromatic nitrogens is 16. The number of benzene rings is 1. The maximum atomic E-state index is 5.79. The maximum Gasteiger partial charge on any atom is 0.207 e. The molecular weight excluding hydrogens is 834 g/mol. The lowest BCUT2D eigenvalue weighted by atomic mass is 10.2. The first-order valence-electron chi connectivity index (χ1n) is 17.9. The number of thiophene rings is 1. The first kappa shape index (κ1) is 45.7. The van der Waals surface area contributed by atoms with E-state index in [1.165, 1.54) is 29.7 Å². The highest BCUT2D eigenvalue weighted by Gasteiger charge is 2.27. The monoisotopic (exact) mass is 881 g/mol. The van der Waals surface area contributed by atoms with Gasteiger partial charge in [-0.05, 0) is 75.9 Å². The Hall–Kier alpha value is -4.96. The predicted molar refractivity (Wildman–Crippen MR) is 234 cm³/mol. The number of rotatable bonds is 7. The highest BCUT2D eigenvalue weighted by Crippen LogP contribution is 2.38. The van der Waals surface area contributed by atoms with Gasteiger partial charge in [0.2, 0.25) is 5.13 Å². The molecule has 9 rings (SSSR count). The highest BCUT2D eigenvalue weighted by atomic mass is 35.5.